The van der Waals surface area contributed by atoms with Crippen LogP contribution >= 0.6 is 11.6 Å². The Morgan fingerprint density at radius 3 is 2.75 bits per heavy atom. The van der Waals surface area contributed by atoms with E-state index in [1.165, 1.54) is 0 Å². The second-order valence-corrected chi connectivity index (χ2v) is 3.83. The van der Waals surface area contributed by atoms with Gasteiger partial charge in [0, 0.05) is 13.6 Å². The number of benzene rings is 1. The Morgan fingerprint density at radius 1 is 1.56 bits per heavy atom. The molecule has 0 aliphatic heterocycles. The third-order valence-electron chi connectivity index (χ3n) is 2.24. The number of nitrogens with zero attached hydrogens (tertiary/aromatic N) is 1. The highest BCUT2D eigenvalue weighted by Crippen LogP contribution is 2.25. The molecule has 0 saturated carbocycles. The predicted octanol–water partition coefficient (Wildman–Crippen LogP) is 1.27. The molecular formula is C11H15ClN2O2. The molecule has 5 heteroatoms. The molecule has 16 heavy (non-hydrogen) atoms. The summed E-state index contributed by atoms with van der Waals surface area (Å²) < 4.78 is 5.04. The van der Waals surface area contributed by atoms with Crippen LogP contribution in [0.5, 0.6) is 5.75 Å². The summed E-state index contributed by atoms with van der Waals surface area (Å²) in [5, 5.41) is 0.536. The van der Waals surface area contributed by atoms with Crippen molar-refractivity contribution in [2.45, 2.75) is 6.54 Å². The summed E-state index contributed by atoms with van der Waals surface area (Å²) in [6, 6.07) is 5.42. The lowest BCUT2D eigenvalue weighted by atomic mass is 10.2. The standard InChI is InChI=1S/C11H15ClN2O2/c1-14(11(15)6-13)7-8-3-4-10(16-2)9(12)5-8/h3-5H,6-7,13H2,1-2H3. The quantitative estimate of drug-likeness (QED) is 0.865. The molecule has 1 amide bonds. The average Bonchev–Trinajstić information content (AvgIpc) is 2.28. The summed E-state index contributed by atoms with van der Waals surface area (Å²) in [6.07, 6.45) is 0. The number of nitrogens with two attached hydrogens (primary N) is 1. The molecule has 88 valence electrons. The average molecular weight is 243 g/mol. The number of ether oxygens (including phenoxy) is 1. The smallest absolute Gasteiger partial charge is 0.236 e. The first-order chi connectivity index (χ1) is 7.58. The molecule has 0 spiro atoms. The van der Waals surface area contributed by atoms with Crippen molar-refractivity contribution >= 4 is 17.5 Å². The van der Waals surface area contributed by atoms with E-state index in [0.717, 1.165) is 5.56 Å². The van der Waals surface area contributed by atoms with Crippen molar-refractivity contribution in [3.05, 3.63) is 28.8 Å². The molecule has 0 bridgehead atoms. The minimum Gasteiger partial charge on any atom is -0.495 e. The lowest BCUT2D eigenvalue weighted by Crippen LogP contribution is -2.32. The van der Waals surface area contributed by atoms with E-state index >= 15 is 0 Å². The third kappa shape index (κ3) is 3.12. The van der Waals surface area contributed by atoms with Crippen LogP contribution in [0.4, 0.5) is 0 Å². The van der Waals surface area contributed by atoms with E-state index in [1.807, 2.05) is 6.07 Å². The third-order valence-corrected chi connectivity index (χ3v) is 2.53. The van der Waals surface area contributed by atoms with Crippen molar-refractivity contribution in [2.75, 3.05) is 20.7 Å². The SMILES string of the molecule is COc1ccc(CN(C)C(=O)CN)cc1Cl. The summed E-state index contributed by atoms with van der Waals surface area (Å²) in [5.74, 6) is 0.519. The van der Waals surface area contributed by atoms with E-state index in [1.54, 1.807) is 31.2 Å². The summed E-state index contributed by atoms with van der Waals surface area (Å²) in [7, 11) is 3.26. The van der Waals surface area contributed by atoms with Crippen LogP contribution in [0.25, 0.3) is 0 Å². The summed E-state index contributed by atoms with van der Waals surface area (Å²) in [4.78, 5) is 12.8. The Bertz CT molecular complexity index is 382. The number of likely N-dealkylation sites (N-methyl/N-ethyl adjacent to an activating group) is 1. The van der Waals surface area contributed by atoms with E-state index in [4.69, 9.17) is 22.1 Å². The minimum absolute atomic E-state index is 0.0143. The second-order valence-electron chi connectivity index (χ2n) is 3.42. The number of carbonyl (C=O) groups excluding carboxylic acids is 1. The van der Waals surface area contributed by atoms with E-state index in [9.17, 15) is 4.79 Å². The van der Waals surface area contributed by atoms with E-state index in [-0.39, 0.29) is 12.5 Å². The Morgan fingerprint density at radius 2 is 2.25 bits per heavy atom. The minimum atomic E-state index is -0.105. The highest BCUT2D eigenvalue weighted by molar-refractivity contribution is 6.32. The first-order valence-corrected chi connectivity index (χ1v) is 5.22. The Hall–Kier alpha value is -1.26. The summed E-state index contributed by atoms with van der Waals surface area (Å²) in [6.45, 7) is 0.500. The number of carbonyl (C=O) groups is 1. The molecule has 0 unspecified atom stereocenters. The van der Waals surface area contributed by atoms with Gasteiger partial charge in [-0.05, 0) is 17.7 Å². The molecule has 0 saturated heterocycles. The molecule has 0 fully saturated rings. The maximum absolute atomic E-state index is 11.3. The number of halogens is 1. The van der Waals surface area contributed by atoms with Gasteiger partial charge in [-0.1, -0.05) is 17.7 Å². The number of hydrogen-bond donors (Lipinski definition) is 1. The van der Waals surface area contributed by atoms with Gasteiger partial charge in [0.1, 0.15) is 5.75 Å². The van der Waals surface area contributed by atoms with Crippen LogP contribution in [-0.4, -0.2) is 31.5 Å². The van der Waals surface area contributed by atoms with Crippen molar-refractivity contribution in [3.63, 3.8) is 0 Å². The fourth-order valence-corrected chi connectivity index (χ4v) is 1.61. The van der Waals surface area contributed by atoms with Gasteiger partial charge < -0.3 is 15.4 Å². The molecule has 1 aromatic rings. The monoisotopic (exact) mass is 242 g/mol. The van der Waals surface area contributed by atoms with E-state index in [2.05, 4.69) is 0 Å². The van der Waals surface area contributed by atoms with Crippen molar-refractivity contribution in [1.29, 1.82) is 0 Å². The van der Waals surface area contributed by atoms with Crippen molar-refractivity contribution < 1.29 is 9.53 Å². The molecule has 0 heterocycles. The molecule has 1 rings (SSSR count). The molecule has 0 aliphatic carbocycles. The Labute approximate surface area is 99.9 Å². The number of rotatable bonds is 4. The molecule has 0 atom stereocenters. The second kappa shape index (κ2) is 5.72. The zero-order valence-corrected chi connectivity index (χ0v) is 10.1. The largest absolute Gasteiger partial charge is 0.495 e. The van der Waals surface area contributed by atoms with Crippen LogP contribution in [0.2, 0.25) is 5.02 Å². The predicted molar refractivity (Wildman–Crippen MR) is 63.5 cm³/mol. The Kier molecular flexibility index (Phi) is 4.58. The van der Waals surface area contributed by atoms with Crippen LogP contribution in [0.15, 0.2) is 18.2 Å². The van der Waals surface area contributed by atoms with Crippen molar-refractivity contribution in [1.82, 2.24) is 4.90 Å². The van der Waals surface area contributed by atoms with Gasteiger partial charge in [0.25, 0.3) is 0 Å². The molecule has 2 N–H and O–H groups in total. The molecule has 0 aromatic heterocycles. The fraction of sp³-hybridized carbons (Fsp3) is 0.364. The lowest BCUT2D eigenvalue weighted by Gasteiger charge is -2.16. The van der Waals surface area contributed by atoms with Crippen LogP contribution in [0.1, 0.15) is 5.56 Å². The van der Waals surface area contributed by atoms with Crippen LogP contribution in [-0.2, 0) is 11.3 Å². The van der Waals surface area contributed by atoms with Crippen molar-refractivity contribution in [2.24, 2.45) is 5.73 Å². The zero-order valence-electron chi connectivity index (χ0n) is 9.37. The Balaban J connectivity index is 2.75. The van der Waals surface area contributed by atoms with Gasteiger partial charge in [0.05, 0.1) is 18.7 Å². The van der Waals surface area contributed by atoms with Gasteiger partial charge in [-0.2, -0.15) is 0 Å². The number of amides is 1. The zero-order chi connectivity index (χ0) is 12.1. The van der Waals surface area contributed by atoms with Gasteiger partial charge >= 0.3 is 0 Å². The van der Waals surface area contributed by atoms with Gasteiger partial charge in [0.2, 0.25) is 5.91 Å². The van der Waals surface area contributed by atoms with Gasteiger partial charge in [-0.15, -0.1) is 0 Å². The maximum atomic E-state index is 11.3. The molecular weight excluding hydrogens is 228 g/mol. The van der Waals surface area contributed by atoms with Crippen LogP contribution in [0, 0.1) is 0 Å². The highest BCUT2D eigenvalue weighted by Gasteiger charge is 2.08. The van der Waals surface area contributed by atoms with Crippen molar-refractivity contribution in [3.8, 4) is 5.75 Å². The van der Waals surface area contributed by atoms with E-state index < -0.39 is 0 Å². The summed E-state index contributed by atoms with van der Waals surface area (Å²) in [5.41, 5.74) is 6.20. The van der Waals surface area contributed by atoms with Gasteiger partial charge in [-0.25, -0.2) is 0 Å². The maximum Gasteiger partial charge on any atom is 0.236 e. The number of methoxy groups -OCH3 is 1. The number of hydrogen-bond acceptors (Lipinski definition) is 3. The molecule has 1 aromatic carbocycles. The molecule has 0 aliphatic rings. The lowest BCUT2D eigenvalue weighted by molar-refractivity contribution is -0.128. The van der Waals surface area contributed by atoms with Gasteiger partial charge in [0.15, 0.2) is 0 Å². The van der Waals surface area contributed by atoms with E-state index in [0.29, 0.717) is 17.3 Å². The first-order valence-electron chi connectivity index (χ1n) is 4.85. The molecule has 4 nitrogen and oxygen atoms in total. The molecule has 0 radical (unpaired) electrons. The van der Waals surface area contributed by atoms with Crippen LogP contribution in [0.3, 0.4) is 0 Å². The first kappa shape index (κ1) is 12.8. The normalized spacial score (nSPS) is 10.0. The van der Waals surface area contributed by atoms with Gasteiger partial charge in [-0.3, -0.25) is 4.79 Å². The topological polar surface area (TPSA) is 55.6 Å². The highest BCUT2D eigenvalue weighted by atomic mass is 35.5. The summed E-state index contributed by atoms with van der Waals surface area (Å²) >= 11 is 5.97. The fourth-order valence-electron chi connectivity index (χ4n) is 1.33. The van der Waals surface area contributed by atoms with Crippen LogP contribution < -0.4 is 10.5 Å².